The minimum absolute atomic E-state index is 0.0297. The van der Waals surface area contributed by atoms with Crippen molar-refractivity contribution < 1.29 is 19.1 Å². The molecule has 0 atom stereocenters. The molecule has 1 aromatic rings. The minimum Gasteiger partial charge on any atom is -0.483 e. The van der Waals surface area contributed by atoms with Crippen molar-refractivity contribution in [2.75, 3.05) is 40.4 Å². The molecule has 26 heavy (non-hydrogen) atoms. The lowest BCUT2D eigenvalue weighted by atomic mass is 10.0. The monoisotopic (exact) mass is 363 g/mol. The Morgan fingerprint density at radius 3 is 2.58 bits per heavy atom. The van der Waals surface area contributed by atoms with Crippen LogP contribution in [0.2, 0.25) is 0 Å². The average molecular weight is 363 g/mol. The van der Waals surface area contributed by atoms with E-state index in [1.807, 2.05) is 31.2 Å². The summed E-state index contributed by atoms with van der Waals surface area (Å²) in [6.45, 7) is 4.32. The molecule has 2 amide bonds. The number of rotatable bonds is 7. The molecule has 0 saturated carbocycles. The highest BCUT2D eigenvalue weighted by Gasteiger charge is 2.23. The van der Waals surface area contributed by atoms with Crippen LogP contribution in [0.3, 0.4) is 0 Å². The number of ether oxygens (including phenoxy) is 2. The van der Waals surface area contributed by atoms with Gasteiger partial charge in [0.05, 0.1) is 6.61 Å². The first-order valence-electron chi connectivity index (χ1n) is 9.07. The van der Waals surface area contributed by atoms with Crippen LogP contribution in [0.25, 0.3) is 0 Å². The number of amides is 2. The Balaban J connectivity index is 1.81. The van der Waals surface area contributed by atoms with E-state index in [2.05, 4.69) is 5.32 Å². The van der Waals surface area contributed by atoms with Crippen LogP contribution in [0.5, 0.6) is 5.75 Å². The molecule has 0 aromatic heterocycles. The lowest BCUT2D eigenvalue weighted by molar-refractivity contribution is -0.130. The van der Waals surface area contributed by atoms with Crippen LogP contribution in [-0.2, 0) is 16.1 Å². The molecule has 0 spiro atoms. The van der Waals surface area contributed by atoms with Crippen LogP contribution < -0.4 is 10.1 Å². The fourth-order valence-electron chi connectivity index (χ4n) is 2.79. The predicted octanol–water partition coefficient (Wildman–Crippen LogP) is 1.86. The van der Waals surface area contributed by atoms with Gasteiger partial charge in [-0.1, -0.05) is 18.2 Å². The van der Waals surface area contributed by atoms with Gasteiger partial charge in [-0.2, -0.15) is 0 Å². The molecule has 0 aliphatic carbocycles. The van der Waals surface area contributed by atoms with Crippen molar-refractivity contribution in [1.29, 1.82) is 0 Å². The molecule has 1 fully saturated rings. The lowest BCUT2D eigenvalue weighted by Crippen LogP contribution is -2.44. The molecule has 0 unspecified atom stereocenters. The second kappa shape index (κ2) is 10.0. The zero-order valence-electron chi connectivity index (χ0n) is 15.9. The van der Waals surface area contributed by atoms with Gasteiger partial charge in [-0.05, 0) is 25.8 Å². The first-order chi connectivity index (χ1) is 12.5. The first-order valence-corrected chi connectivity index (χ1v) is 9.07. The molecule has 1 aromatic carbocycles. The molecule has 1 N–H and O–H groups in total. The van der Waals surface area contributed by atoms with Crippen molar-refractivity contribution in [1.82, 2.24) is 15.1 Å². The number of hydrogen-bond donors (Lipinski definition) is 1. The van der Waals surface area contributed by atoms with Crippen molar-refractivity contribution >= 4 is 12.0 Å². The maximum absolute atomic E-state index is 11.7. The highest BCUT2D eigenvalue weighted by atomic mass is 16.6. The second-order valence-electron chi connectivity index (χ2n) is 6.53. The van der Waals surface area contributed by atoms with Gasteiger partial charge in [0.25, 0.3) is 5.91 Å². The number of likely N-dealkylation sites (tertiary alicyclic amines) is 1. The Morgan fingerprint density at radius 2 is 1.92 bits per heavy atom. The number of piperidine rings is 1. The third kappa shape index (κ3) is 5.91. The van der Waals surface area contributed by atoms with Crippen molar-refractivity contribution in [2.45, 2.75) is 32.4 Å². The number of carbonyl (C=O) groups is 2. The van der Waals surface area contributed by atoms with E-state index < -0.39 is 0 Å². The summed E-state index contributed by atoms with van der Waals surface area (Å²) in [5.41, 5.74) is 1.02. The number of nitrogens with zero attached hydrogens (tertiary/aromatic N) is 2. The summed E-state index contributed by atoms with van der Waals surface area (Å²) in [5.74, 6) is 0.651. The number of likely N-dealkylation sites (N-methyl/N-ethyl adjacent to an activating group) is 1. The molecule has 1 heterocycles. The maximum atomic E-state index is 11.7. The average Bonchev–Trinajstić information content (AvgIpc) is 2.65. The molecule has 144 valence electrons. The predicted molar refractivity (Wildman–Crippen MR) is 99.1 cm³/mol. The van der Waals surface area contributed by atoms with E-state index in [-0.39, 0.29) is 18.6 Å². The number of hydrogen-bond acceptors (Lipinski definition) is 5. The van der Waals surface area contributed by atoms with Gasteiger partial charge in [0.15, 0.2) is 6.61 Å². The highest BCUT2D eigenvalue weighted by Crippen LogP contribution is 2.19. The van der Waals surface area contributed by atoms with Gasteiger partial charge in [0.2, 0.25) is 0 Å². The Morgan fingerprint density at radius 1 is 1.23 bits per heavy atom. The maximum Gasteiger partial charge on any atom is 0.409 e. The standard InChI is InChI=1S/C19H29N3O4/c1-4-25-19(24)22-11-9-16(10-12-22)20-13-15-7-5-6-8-17(15)26-14-18(23)21(2)3/h5-8,16,20H,4,9-14H2,1-3H3. The van der Waals surface area contributed by atoms with Crippen molar-refractivity contribution in [3.8, 4) is 5.75 Å². The summed E-state index contributed by atoms with van der Waals surface area (Å²) < 4.78 is 10.7. The van der Waals surface area contributed by atoms with Crippen molar-refractivity contribution in [2.24, 2.45) is 0 Å². The minimum atomic E-state index is -0.227. The molecule has 0 radical (unpaired) electrons. The number of carbonyl (C=O) groups excluding carboxylic acids is 2. The molecule has 7 nitrogen and oxygen atoms in total. The molecule has 2 rings (SSSR count). The lowest BCUT2D eigenvalue weighted by Gasteiger charge is -2.31. The van der Waals surface area contributed by atoms with E-state index in [0.29, 0.717) is 32.3 Å². The molecule has 1 saturated heterocycles. The van der Waals surface area contributed by atoms with Gasteiger partial charge in [-0.15, -0.1) is 0 Å². The topological polar surface area (TPSA) is 71.1 Å². The Kier molecular flexibility index (Phi) is 7.72. The summed E-state index contributed by atoms with van der Waals surface area (Å²) in [4.78, 5) is 26.7. The summed E-state index contributed by atoms with van der Waals surface area (Å²) in [6.07, 6.45) is 1.55. The summed E-state index contributed by atoms with van der Waals surface area (Å²) in [7, 11) is 3.42. The van der Waals surface area contributed by atoms with Gasteiger partial charge in [-0.3, -0.25) is 4.79 Å². The van der Waals surface area contributed by atoms with Crippen LogP contribution in [0.4, 0.5) is 4.79 Å². The third-order valence-electron chi connectivity index (χ3n) is 4.42. The molecular formula is C19H29N3O4. The van der Waals surface area contributed by atoms with Crippen LogP contribution in [0, 0.1) is 0 Å². The second-order valence-corrected chi connectivity index (χ2v) is 6.53. The fraction of sp³-hybridized carbons (Fsp3) is 0.579. The zero-order valence-corrected chi connectivity index (χ0v) is 15.9. The van der Waals surface area contributed by atoms with Gasteiger partial charge in [0.1, 0.15) is 5.75 Å². The van der Waals surface area contributed by atoms with E-state index in [1.54, 1.807) is 19.0 Å². The van der Waals surface area contributed by atoms with Gasteiger partial charge < -0.3 is 24.6 Å². The van der Waals surface area contributed by atoms with E-state index >= 15 is 0 Å². The first kappa shape index (κ1) is 20.0. The van der Waals surface area contributed by atoms with E-state index in [0.717, 1.165) is 24.2 Å². The Bertz CT molecular complexity index is 598. The Hall–Kier alpha value is -2.28. The van der Waals surface area contributed by atoms with E-state index in [1.165, 1.54) is 4.90 Å². The Labute approximate surface area is 155 Å². The summed E-state index contributed by atoms with van der Waals surface area (Å²) in [5, 5.41) is 3.53. The van der Waals surface area contributed by atoms with Crippen molar-refractivity contribution in [3.05, 3.63) is 29.8 Å². The molecule has 1 aliphatic heterocycles. The largest absolute Gasteiger partial charge is 0.483 e. The van der Waals surface area contributed by atoms with Crippen molar-refractivity contribution in [3.63, 3.8) is 0 Å². The normalized spacial score (nSPS) is 14.8. The van der Waals surface area contributed by atoms with E-state index in [9.17, 15) is 9.59 Å². The fourth-order valence-corrected chi connectivity index (χ4v) is 2.79. The van der Waals surface area contributed by atoms with Crippen LogP contribution in [0.1, 0.15) is 25.3 Å². The smallest absolute Gasteiger partial charge is 0.409 e. The summed E-state index contributed by atoms with van der Waals surface area (Å²) in [6, 6.07) is 8.08. The molecule has 0 bridgehead atoms. The third-order valence-corrected chi connectivity index (χ3v) is 4.42. The molecule has 1 aliphatic rings. The molecular weight excluding hydrogens is 334 g/mol. The SMILES string of the molecule is CCOC(=O)N1CCC(NCc2ccccc2OCC(=O)N(C)C)CC1. The number of benzene rings is 1. The van der Waals surface area contributed by atoms with Crippen LogP contribution >= 0.6 is 0 Å². The van der Waals surface area contributed by atoms with Crippen LogP contribution in [0.15, 0.2) is 24.3 Å². The van der Waals surface area contributed by atoms with Gasteiger partial charge >= 0.3 is 6.09 Å². The van der Waals surface area contributed by atoms with E-state index in [4.69, 9.17) is 9.47 Å². The number of para-hydroxylation sites is 1. The highest BCUT2D eigenvalue weighted by molar-refractivity contribution is 5.77. The summed E-state index contributed by atoms with van der Waals surface area (Å²) >= 11 is 0. The van der Waals surface area contributed by atoms with Gasteiger partial charge in [-0.25, -0.2) is 4.79 Å². The quantitative estimate of drug-likeness (QED) is 0.801. The molecule has 7 heteroatoms. The number of nitrogens with one attached hydrogen (secondary N) is 1. The van der Waals surface area contributed by atoms with Crippen LogP contribution in [-0.4, -0.2) is 68.2 Å². The van der Waals surface area contributed by atoms with Gasteiger partial charge in [0, 0.05) is 45.3 Å². The zero-order chi connectivity index (χ0) is 18.9.